The fourth-order valence-corrected chi connectivity index (χ4v) is 1.69. The molecule has 0 bridgehead atoms. The second-order valence-corrected chi connectivity index (χ2v) is 3.65. The number of aromatic carboxylic acids is 1. The number of methoxy groups -OCH3 is 1. The molecule has 0 saturated heterocycles. The molecule has 0 aliphatic rings. The SMILES string of the molecule is COCCNc1ncnc2cccc(C(=O)O)c12. The monoisotopic (exact) mass is 247 g/mol. The van der Waals surface area contributed by atoms with E-state index in [1.807, 2.05) is 0 Å². The van der Waals surface area contributed by atoms with Gasteiger partial charge in [0.15, 0.2) is 0 Å². The van der Waals surface area contributed by atoms with Crippen LogP contribution in [0.4, 0.5) is 5.82 Å². The summed E-state index contributed by atoms with van der Waals surface area (Å²) in [5.41, 5.74) is 0.790. The quantitative estimate of drug-likeness (QED) is 0.777. The van der Waals surface area contributed by atoms with Gasteiger partial charge in [0.05, 0.1) is 23.1 Å². The third-order valence-electron chi connectivity index (χ3n) is 2.49. The molecule has 0 radical (unpaired) electrons. The van der Waals surface area contributed by atoms with Crippen molar-refractivity contribution in [3.8, 4) is 0 Å². The molecule has 0 unspecified atom stereocenters. The number of nitrogens with zero attached hydrogens (tertiary/aromatic N) is 2. The highest BCUT2D eigenvalue weighted by Crippen LogP contribution is 2.23. The molecule has 0 fully saturated rings. The lowest BCUT2D eigenvalue weighted by Crippen LogP contribution is -2.10. The summed E-state index contributed by atoms with van der Waals surface area (Å²) in [7, 11) is 1.60. The Bertz CT molecular complexity index is 566. The molecular weight excluding hydrogens is 234 g/mol. The van der Waals surface area contributed by atoms with Crippen LogP contribution in [0.15, 0.2) is 24.5 Å². The van der Waals surface area contributed by atoms with Crippen molar-refractivity contribution in [2.45, 2.75) is 0 Å². The van der Waals surface area contributed by atoms with Crippen LogP contribution in [0.3, 0.4) is 0 Å². The van der Waals surface area contributed by atoms with E-state index in [9.17, 15) is 9.90 Å². The molecule has 0 aliphatic carbocycles. The first-order valence-corrected chi connectivity index (χ1v) is 5.44. The van der Waals surface area contributed by atoms with Crippen LogP contribution in [0, 0.1) is 0 Å². The van der Waals surface area contributed by atoms with E-state index in [0.717, 1.165) is 0 Å². The minimum absolute atomic E-state index is 0.188. The molecular formula is C12H13N3O3. The maximum atomic E-state index is 11.2. The lowest BCUT2D eigenvalue weighted by molar-refractivity contribution is 0.0699. The Morgan fingerprint density at radius 2 is 2.28 bits per heavy atom. The second kappa shape index (κ2) is 5.42. The predicted octanol–water partition coefficient (Wildman–Crippen LogP) is 1.39. The molecule has 6 nitrogen and oxygen atoms in total. The molecule has 0 spiro atoms. The number of fused-ring (bicyclic) bond motifs is 1. The summed E-state index contributed by atoms with van der Waals surface area (Å²) in [6, 6.07) is 4.96. The van der Waals surface area contributed by atoms with Gasteiger partial charge < -0.3 is 15.2 Å². The van der Waals surface area contributed by atoms with Crippen LogP contribution < -0.4 is 5.32 Å². The van der Waals surface area contributed by atoms with Crippen molar-refractivity contribution < 1.29 is 14.6 Å². The van der Waals surface area contributed by atoms with Gasteiger partial charge >= 0.3 is 5.97 Å². The maximum Gasteiger partial charge on any atom is 0.336 e. The molecule has 0 amide bonds. The smallest absolute Gasteiger partial charge is 0.336 e. The Labute approximate surface area is 104 Å². The third-order valence-corrected chi connectivity index (χ3v) is 2.49. The van der Waals surface area contributed by atoms with Gasteiger partial charge in [-0.25, -0.2) is 14.8 Å². The Hall–Kier alpha value is -2.21. The van der Waals surface area contributed by atoms with Gasteiger partial charge in [0.1, 0.15) is 12.1 Å². The van der Waals surface area contributed by atoms with E-state index in [4.69, 9.17) is 4.74 Å². The first-order valence-electron chi connectivity index (χ1n) is 5.44. The third kappa shape index (κ3) is 2.38. The van der Waals surface area contributed by atoms with Crippen LogP contribution >= 0.6 is 0 Å². The summed E-state index contributed by atoms with van der Waals surface area (Å²) in [5, 5.41) is 12.7. The summed E-state index contributed by atoms with van der Waals surface area (Å²) in [5.74, 6) is -0.486. The number of carbonyl (C=O) groups is 1. The molecule has 1 aromatic carbocycles. The highest BCUT2D eigenvalue weighted by Gasteiger charge is 2.13. The minimum Gasteiger partial charge on any atom is -0.478 e. The van der Waals surface area contributed by atoms with Gasteiger partial charge in [0.25, 0.3) is 0 Å². The second-order valence-electron chi connectivity index (χ2n) is 3.65. The zero-order valence-corrected chi connectivity index (χ0v) is 9.88. The fraction of sp³-hybridized carbons (Fsp3) is 0.250. The largest absolute Gasteiger partial charge is 0.478 e. The zero-order valence-electron chi connectivity index (χ0n) is 9.88. The number of aromatic nitrogens is 2. The van der Waals surface area contributed by atoms with E-state index in [1.54, 1.807) is 19.2 Å². The number of carboxylic acids is 1. The van der Waals surface area contributed by atoms with Crippen LogP contribution in [-0.2, 0) is 4.74 Å². The summed E-state index contributed by atoms with van der Waals surface area (Å²) in [4.78, 5) is 19.3. The fourth-order valence-electron chi connectivity index (χ4n) is 1.69. The molecule has 2 aromatic rings. The van der Waals surface area contributed by atoms with Crippen LogP contribution in [0.5, 0.6) is 0 Å². The lowest BCUT2D eigenvalue weighted by atomic mass is 10.1. The summed E-state index contributed by atoms with van der Waals surface area (Å²) < 4.78 is 4.93. The predicted molar refractivity (Wildman–Crippen MR) is 66.9 cm³/mol. The van der Waals surface area contributed by atoms with E-state index in [1.165, 1.54) is 12.4 Å². The van der Waals surface area contributed by atoms with Crippen molar-refractivity contribution in [1.82, 2.24) is 9.97 Å². The van der Waals surface area contributed by atoms with Crippen LogP contribution in [0.1, 0.15) is 10.4 Å². The minimum atomic E-state index is -0.995. The van der Waals surface area contributed by atoms with Gasteiger partial charge in [-0.3, -0.25) is 0 Å². The number of hydrogen-bond acceptors (Lipinski definition) is 5. The molecule has 1 heterocycles. The van der Waals surface area contributed by atoms with E-state index in [-0.39, 0.29) is 5.56 Å². The van der Waals surface area contributed by atoms with Gasteiger partial charge in [-0.1, -0.05) is 6.07 Å². The number of nitrogens with one attached hydrogen (secondary N) is 1. The molecule has 2 N–H and O–H groups in total. The molecule has 0 aliphatic heterocycles. The van der Waals surface area contributed by atoms with Crippen molar-refractivity contribution in [2.24, 2.45) is 0 Å². The molecule has 0 saturated carbocycles. The molecule has 2 rings (SSSR count). The van der Waals surface area contributed by atoms with E-state index in [2.05, 4.69) is 15.3 Å². The normalized spacial score (nSPS) is 10.5. The number of hydrogen-bond donors (Lipinski definition) is 2. The van der Waals surface area contributed by atoms with E-state index in [0.29, 0.717) is 29.9 Å². The first kappa shape index (κ1) is 12.3. The number of rotatable bonds is 5. The molecule has 1 aromatic heterocycles. The van der Waals surface area contributed by atoms with Gasteiger partial charge in [-0.15, -0.1) is 0 Å². The Balaban J connectivity index is 2.48. The molecule has 94 valence electrons. The van der Waals surface area contributed by atoms with Gasteiger partial charge in [-0.2, -0.15) is 0 Å². The number of carboxylic acid groups (broad SMARTS) is 1. The maximum absolute atomic E-state index is 11.2. The average molecular weight is 247 g/mol. The van der Waals surface area contributed by atoms with E-state index < -0.39 is 5.97 Å². The Morgan fingerprint density at radius 1 is 1.44 bits per heavy atom. The number of benzene rings is 1. The summed E-state index contributed by atoms with van der Waals surface area (Å²) in [6.45, 7) is 1.07. The van der Waals surface area contributed by atoms with Crippen molar-refractivity contribution in [3.05, 3.63) is 30.1 Å². The van der Waals surface area contributed by atoms with Crippen LogP contribution in [0.25, 0.3) is 10.9 Å². The highest BCUT2D eigenvalue weighted by atomic mass is 16.5. The Kier molecular flexibility index (Phi) is 3.69. The average Bonchev–Trinajstić information content (AvgIpc) is 2.38. The topological polar surface area (TPSA) is 84.3 Å². The van der Waals surface area contributed by atoms with Gasteiger partial charge in [-0.05, 0) is 12.1 Å². The van der Waals surface area contributed by atoms with Crippen molar-refractivity contribution >= 4 is 22.7 Å². The molecule has 18 heavy (non-hydrogen) atoms. The van der Waals surface area contributed by atoms with Gasteiger partial charge in [0.2, 0.25) is 0 Å². The summed E-state index contributed by atoms with van der Waals surface area (Å²) >= 11 is 0. The lowest BCUT2D eigenvalue weighted by Gasteiger charge is -2.09. The molecule has 0 atom stereocenters. The zero-order chi connectivity index (χ0) is 13.0. The summed E-state index contributed by atoms with van der Waals surface area (Å²) in [6.07, 6.45) is 1.41. The number of ether oxygens (including phenoxy) is 1. The highest BCUT2D eigenvalue weighted by molar-refractivity contribution is 6.06. The Morgan fingerprint density at radius 3 is 3.00 bits per heavy atom. The standard InChI is InChI=1S/C12H13N3O3/c1-18-6-5-13-11-10-8(12(16)17)3-2-4-9(10)14-7-15-11/h2-4,7H,5-6H2,1H3,(H,16,17)(H,13,14,15). The van der Waals surface area contributed by atoms with Crippen LogP contribution in [0.2, 0.25) is 0 Å². The number of anilines is 1. The first-order chi connectivity index (χ1) is 8.74. The van der Waals surface area contributed by atoms with Crippen LogP contribution in [-0.4, -0.2) is 41.3 Å². The van der Waals surface area contributed by atoms with Crippen molar-refractivity contribution in [1.29, 1.82) is 0 Å². The van der Waals surface area contributed by atoms with Crippen molar-refractivity contribution in [2.75, 3.05) is 25.6 Å². The van der Waals surface area contributed by atoms with E-state index >= 15 is 0 Å². The van der Waals surface area contributed by atoms with Crippen molar-refractivity contribution in [3.63, 3.8) is 0 Å². The molecule has 6 heteroatoms. The van der Waals surface area contributed by atoms with Gasteiger partial charge in [0, 0.05) is 13.7 Å².